The molecule has 0 radical (unpaired) electrons. The quantitative estimate of drug-likeness (QED) is 0.284. The number of carbonyl (C=O) groups excluding carboxylic acids is 2. The number of fused-ring (bicyclic) bond motifs is 1. The van der Waals surface area contributed by atoms with Crippen LogP contribution in [0.5, 0.6) is 5.88 Å². The molecule has 16 heteroatoms. The van der Waals surface area contributed by atoms with Crippen LogP contribution < -0.4 is 25.2 Å². The maximum absolute atomic E-state index is 13.6. The fraction of sp³-hybridized carbons (Fsp3) is 0.536. The van der Waals surface area contributed by atoms with E-state index in [-0.39, 0.29) is 30.9 Å². The molecule has 1 fully saturated rings. The van der Waals surface area contributed by atoms with Gasteiger partial charge in [-0.15, -0.1) is 4.37 Å². The number of hydrogen-bond acceptors (Lipinski definition) is 14. The van der Waals surface area contributed by atoms with E-state index in [1.54, 1.807) is 24.5 Å². The normalized spacial score (nSPS) is 15.9. The van der Waals surface area contributed by atoms with Gasteiger partial charge >= 0.3 is 5.97 Å². The van der Waals surface area contributed by atoms with Gasteiger partial charge in [-0.25, -0.2) is 4.90 Å². The van der Waals surface area contributed by atoms with Gasteiger partial charge in [0.05, 0.1) is 53.6 Å². The number of rotatable bonds is 11. The lowest BCUT2D eigenvalue weighted by Crippen LogP contribution is -2.45. The third kappa shape index (κ3) is 8.16. The van der Waals surface area contributed by atoms with Gasteiger partial charge in [0.2, 0.25) is 17.7 Å². The number of anilines is 2. The third-order valence-corrected chi connectivity index (χ3v) is 8.06. The maximum atomic E-state index is 13.6. The SMILES string of the molecule is CC(C)(C)NC[C@@H](COc1nsnc1N1CCOCC1)OC(=O)CCC(=O)N(C1=NCCN1)c1ccc2nccnc2c1Br. The van der Waals surface area contributed by atoms with Gasteiger partial charge in [-0.05, 0) is 48.8 Å². The molecule has 0 unspecified atom stereocenters. The van der Waals surface area contributed by atoms with Crippen LogP contribution in [0.1, 0.15) is 33.6 Å². The largest absolute Gasteiger partial charge is 0.470 e. The number of esters is 1. The van der Waals surface area contributed by atoms with Crippen LogP contribution >= 0.6 is 27.7 Å². The smallest absolute Gasteiger partial charge is 0.306 e. The number of ether oxygens (including phenoxy) is 3. The van der Waals surface area contributed by atoms with Gasteiger partial charge in [0.1, 0.15) is 18.2 Å². The fourth-order valence-corrected chi connectivity index (χ4v) is 5.73. The molecule has 0 spiro atoms. The first-order valence-corrected chi connectivity index (χ1v) is 15.9. The van der Waals surface area contributed by atoms with E-state index in [9.17, 15) is 9.59 Å². The third-order valence-electron chi connectivity index (χ3n) is 6.78. The standard InChI is InChI=1S/C28H36BrN9O5S/c1-28(2,3)34-16-18(17-42-26-25(35-44-36-26)37-12-14-41-15-13-37)43-22(40)7-6-21(39)38(27-32-10-11-33-27)20-5-4-19-24(23(20)29)31-9-8-30-19/h4-5,8-9,18,34H,6-7,10-17H2,1-3H3,(H,32,33)/t18-/m0/s1. The highest BCUT2D eigenvalue weighted by molar-refractivity contribution is 9.10. The van der Waals surface area contributed by atoms with E-state index in [0.29, 0.717) is 84.8 Å². The predicted octanol–water partition coefficient (Wildman–Crippen LogP) is 2.53. The molecule has 2 aliphatic heterocycles. The van der Waals surface area contributed by atoms with Crippen LogP contribution in [-0.2, 0) is 19.1 Å². The molecular weight excluding hydrogens is 654 g/mol. The van der Waals surface area contributed by atoms with E-state index < -0.39 is 12.1 Å². The molecule has 14 nitrogen and oxygen atoms in total. The molecule has 3 aromatic rings. The summed E-state index contributed by atoms with van der Waals surface area (Å²) in [7, 11) is 0. The van der Waals surface area contributed by atoms with Crippen molar-refractivity contribution in [2.75, 3.05) is 62.3 Å². The highest BCUT2D eigenvalue weighted by Crippen LogP contribution is 2.33. The maximum Gasteiger partial charge on any atom is 0.306 e. The molecule has 1 atom stereocenters. The van der Waals surface area contributed by atoms with Crippen molar-refractivity contribution >= 4 is 68.0 Å². The highest BCUT2D eigenvalue weighted by atomic mass is 79.9. The lowest BCUT2D eigenvalue weighted by atomic mass is 10.1. The summed E-state index contributed by atoms with van der Waals surface area (Å²) >= 11 is 4.67. The molecule has 0 bridgehead atoms. The highest BCUT2D eigenvalue weighted by Gasteiger charge is 2.28. The van der Waals surface area contributed by atoms with Crippen molar-refractivity contribution in [3.8, 4) is 5.88 Å². The summed E-state index contributed by atoms with van der Waals surface area (Å²) in [6, 6.07) is 3.57. The summed E-state index contributed by atoms with van der Waals surface area (Å²) in [4.78, 5) is 43.4. The predicted molar refractivity (Wildman–Crippen MR) is 170 cm³/mol. The molecule has 44 heavy (non-hydrogen) atoms. The van der Waals surface area contributed by atoms with Gasteiger partial charge in [0.15, 0.2) is 0 Å². The topological polar surface area (TPSA) is 156 Å². The number of carbonyl (C=O) groups is 2. The van der Waals surface area contributed by atoms with Gasteiger partial charge in [-0.2, -0.15) is 4.37 Å². The fourth-order valence-electron chi connectivity index (χ4n) is 4.59. The number of nitrogens with one attached hydrogen (secondary N) is 2. The Bertz CT molecular complexity index is 1490. The molecule has 2 aliphatic rings. The van der Waals surface area contributed by atoms with Crippen molar-refractivity contribution in [3.05, 3.63) is 29.0 Å². The van der Waals surface area contributed by atoms with E-state index >= 15 is 0 Å². The van der Waals surface area contributed by atoms with Gasteiger partial charge in [0.25, 0.3) is 5.88 Å². The number of amides is 1. The van der Waals surface area contributed by atoms with Crippen LogP contribution in [-0.4, -0.2) is 101 Å². The first-order valence-electron chi connectivity index (χ1n) is 14.4. The number of aromatic nitrogens is 4. The Morgan fingerprint density at radius 3 is 2.73 bits per heavy atom. The van der Waals surface area contributed by atoms with Gasteiger partial charge in [0, 0.05) is 50.5 Å². The second-order valence-electron chi connectivity index (χ2n) is 11.2. The van der Waals surface area contributed by atoms with Crippen molar-refractivity contribution in [1.82, 2.24) is 29.3 Å². The minimum Gasteiger partial charge on any atom is -0.470 e. The zero-order valence-electron chi connectivity index (χ0n) is 24.9. The van der Waals surface area contributed by atoms with Crippen molar-refractivity contribution in [3.63, 3.8) is 0 Å². The van der Waals surface area contributed by atoms with Crippen molar-refractivity contribution in [1.29, 1.82) is 0 Å². The number of hydrogen-bond donors (Lipinski definition) is 2. The zero-order valence-corrected chi connectivity index (χ0v) is 27.3. The van der Waals surface area contributed by atoms with Crippen LogP contribution in [0.15, 0.2) is 34.0 Å². The molecule has 0 saturated carbocycles. The number of aliphatic imine (C=N–C) groups is 1. The summed E-state index contributed by atoms with van der Waals surface area (Å²) in [5, 5.41) is 6.52. The van der Waals surface area contributed by atoms with Crippen LogP contribution in [0.2, 0.25) is 0 Å². The molecule has 1 amide bonds. The minimum absolute atomic E-state index is 0.0729. The van der Waals surface area contributed by atoms with Crippen LogP contribution in [0, 0.1) is 0 Å². The number of nitrogens with zero attached hydrogens (tertiary/aromatic N) is 7. The molecule has 5 rings (SSSR count). The number of benzene rings is 1. The summed E-state index contributed by atoms with van der Waals surface area (Å²) in [6.07, 6.45) is 2.35. The Hall–Kier alpha value is -3.47. The molecular formula is C28H36BrN9O5S. The van der Waals surface area contributed by atoms with Gasteiger partial charge in [-0.1, -0.05) is 0 Å². The minimum atomic E-state index is -0.624. The Kier molecular flexibility index (Phi) is 10.6. The Morgan fingerprint density at radius 1 is 1.18 bits per heavy atom. The van der Waals surface area contributed by atoms with Crippen LogP contribution in [0.3, 0.4) is 0 Å². The molecule has 0 aliphatic carbocycles. The molecule has 4 heterocycles. The molecule has 236 valence electrons. The second kappa shape index (κ2) is 14.5. The van der Waals surface area contributed by atoms with Crippen LogP contribution in [0.4, 0.5) is 11.5 Å². The van der Waals surface area contributed by atoms with Crippen LogP contribution in [0.25, 0.3) is 11.0 Å². The van der Waals surface area contributed by atoms with Crippen molar-refractivity contribution < 1.29 is 23.8 Å². The molecule has 1 aromatic carbocycles. The molecule has 2 aromatic heterocycles. The Morgan fingerprint density at radius 2 is 1.98 bits per heavy atom. The molecule has 2 N–H and O–H groups in total. The molecule has 1 saturated heterocycles. The summed E-state index contributed by atoms with van der Waals surface area (Å²) in [5.74, 6) is 0.642. The van der Waals surface area contributed by atoms with E-state index in [1.807, 2.05) is 20.8 Å². The van der Waals surface area contributed by atoms with Crippen molar-refractivity contribution in [2.45, 2.75) is 45.3 Å². The summed E-state index contributed by atoms with van der Waals surface area (Å²) < 4.78 is 26.6. The first kappa shape index (κ1) is 31.9. The Balaban J connectivity index is 1.24. The summed E-state index contributed by atoms with van der Waals surface area (Å²) in [6.45, 7) is 10.3. The lowest BCUT2D eigenvalue weighted by Gasteiger charge is -2.28. The van der Waals surface area contributed by atoms with Crippen molar-refractivity contribution in [2.24, 2.45) is 4.99 Å². The average Bonchev–Trinajstić information content (AvgIpc) is 3.72. The summed E-state index contributed by atoms with van der Waals surface area (Å²) in [5.41, 5.74) is 1.64. The average molecular weight is 691 g/mol. The van der Waals surface area contributed by atoms with E-state index in [0.717, 1.165) is 11.7 Å². The van der Waals surface area contributed by atoms with Gasteiger partial charge < -0.3 is 29.7 Å². The second-order valence-corrected chi connectivity index (χ2v) is 12.6. The van der Waals surface area contributed by atoms with E-state index in [4.69, 9.17) is 14.2 Å². The monoisotopic (exact) mass is 689 g/mol. The van der Waals surface area contributed by atoms with Gasteiger partial charge in [-0.3, -0.25) is 24.5 Å². The lowest BCUT2D eigenvalue weighted by molar-refractivity contribution is -0.151. The Labute approximate surface area is 268 Å². The first-order chi connectivity index (χ1) is 21.2. The van der Waals surface area contributed by atoms with E-state index in [1.165, 1.54) is 4.90 Å². The number of morpholine rings is 1. The number of halogens is 1. The van der Waals surface area contributed by atoms with E-state index in [2.05, 4.69) is 55.2 Å². The number of guanidine groups is 1. The zero-order chi connectivity index (χ0) is 31.1.